The Balaban J connectivity index is 0.688. The van der Waals surface area contributed by atoms with Crippen molar-refractivity contribution < 1.29 is 14.4 Å². The number of imidazole rings is 1. The average Bonchev–Trinajstić information content (AvgIpc) is 3.83. The minimum atomic E-state index is -0.688. The fourth-order valence-electron chi connectivity index (χ4n) is 11.7. The Kier molecular flexibility index (Phi) is 12.8. The molecule has 2 aromatic carbocycles. The SMILES string of the molecule is CC[C@H]1CN(Cc2ccc3c(c2)n(C)c(=O)n3[C@@H]2CCC(=O)NC2=O)CCN1CC1CCN(C(=O)c2ccc(C3CCN([C@@H](C)c4cc5c(-c6ccc(N)nc6)ccnc5n4C)CC3)cc2)CC1. The van der Waals surface area contributed by atoms with E-state index >= 15 is 0 Å². The number of nitrogens with zero attached hydrogens (tertiary/aromatic N) is 9. The monoisotopic (exact) mass is 920 g/mol. The van der Waals surface area contributed by atoms with Crippen molar-refractivity contribution in [1.82, 2.24) is 48.6 Å². The standard InChI is InChI=1S/C53H65N11O4/c1-5-41-33-60(31-36-6-12-44-47(28-36)59(4)53(68)64(44)45-13-15-49(65)57-51(45)66)26-27-63(41)32-35-17-22-62(23-18-35)52(67)39-9-7-37(8-10-39)38-19-24-61(25-20-38)34(2)46-29-43-42(16-21-55-50(43)58(46)3)40-11-14-48(54)56-30-40/h6-12,14,16,21,28-30,34-35,38,41,45H,5,13,15,17-20,22-27,31-33H2,1-4H3,(H2,54,56)(H,57,65,66)/t34-,41-,45+/m0/s1. The van der Waals surface area contributed by atoms with E-state index in [-0.39, 0.29) is 30.0 Å². The van der Waals surface area contributed by atoms with E-state index in [1.807, 2.05) is 30.6 Å². The Hall–Kier alpha value is -6.16. The largest absolute Gasteiger partial charge is 0.384 e. The smallest absolute Gasteiger partial charge is 0.329 e. The summed E-state index contributed by atoms with van der Waals surface area (Å²) in [5, 5.41) is 3.51. The molecule has 6 aromatic rings. The van der Waals surface area contributed by atoms with Gasteiger partial charge in [0.25, 0.3) is 5.91 Å². The summed E-state index contributed by atoms with van der Waals surface area (Å²) in [5.41, 5.74) is 14.7. The first kappa shape index (κ1) is 45.6. The molecule has 356 valence electrons. The molecule has 4 aromatic heterocycles. The number of nitrogen functional groups attached to an aromatic ring is 1. The summed E-state index contributed by atoms with van der Waals surface area (Å²) < 4.78 is 5.39. The van der Waals surface area contributed by atoms with Crippen LogP contribution in [0.5, 0.6) is 0 Å². The van der Waals surface area contributed by atoms with Gasteiger partial charge in [0, 0.05) is 113 Å². The van der Waals surface area contributed by atoms with Crippen molar-refractivity contribution in [2.45, 2.75) is 89.4 Å². The third-order valence-corrected chi connectivity index (χ3v) is 15.8. The number of aryl methyl sites for hydroxylation is 2. The number of carbonyl (C=O) groups is 3. The van der Waals surface area contributed by atoms with Gasteiger partial charge in [-0.1, -0.05) is 25.1 Å². The molecule has 8 heterocycles. The van der Waals surface area contributed by atoms with E-state index in [2.05, 4.69) is 104 Å². The van der Waals surface area contributed by atoms with Crippen LogP contribution in [0.15, 0.2) is 83.9 Å². The molecule has 4 saturated heterocycles. The van der Waals surface area contributed by atoms with E-state index in [1.165, 1.54) is 11.3 Å². The minimum Gasteiger partial charge on any atom is -0.384 e. The molecule has 0 unspecified atom stereocenters. The summed E-state index contributed by atoms with van der Waals surface area (Å²) in [6.45, 7) is 13.0. The number of fused-ring (bicyclic) bond motifs is 2. The molecule has 3 N–H and O–H groups in total. The maximum absolute atomic E-state index is 13.8. The van der Waals surface area contributed by atoms with Crippen LogP contribution in [0.1, 0.15) is 104 Å². The summed E-state index contributed by atoms with van der Waals surface area (Å²) in [6.07, 6.45) is 9.51. The highest BCUT2D eigenvalue weighted by Crippen LogP contribution is 2.36. The van der Waals surface area contributed by atoms with Gasteiger partial charge in [0.2, 0.25) is 11.8 Å². The van der Waals surface area contributed by atoms with Crippen molar-refractivity contribution in [2.75, 3.05) is 58.1 Å². The maximum atomic E-state index is 13.8. The molecule has 0 aliphatic carbocycles. The van der Waals surface area contributed by atoms with Crippen molar-refractivity contribution in [3.63, 3.8) is 0 Å². The van der Waals surface area contributed by atoms with Crippen molar-refractivity contribution in [3.8, 4) is 11.1 Å². The molecule has 0 saturated carbocycles. The first-order valence-electron chi connectivity index (χ1n) is 24.7. The van der Waals surface area contributed by atoms with Gasteiger partial charge in [-0.3, -0.25) is 43.5 Å². The molecule has 3 atom stereocenters. The third kappa shape index (κ3) is 8.87. The predicted octanol–water partition coefficient (Wildman–Crippen LogP) is 6.24. The van der Waals surface area contributed by atoms with Crippen molar-refractivity contribution in [1.29, 1.82) is 0 Å². The van der Waals surface area contributed by atoms with Crippen molar-refractivity contribution in [3.05, 3.63) is 112 Å². The summed E-state index contributed by atoms with van der Waals surface area (Å²) >= 11 is 0. The second-order valence-electron chi connectivity index (χ2n) is 19.8. The molecule has 15 nitrogen and oxygen atoms in total. The lowest BCUT2D eigenvalue weighted by Gasteiger charge is -2.44. The number of pyridine rings is 2. The Labute approximate surface area is 397 Å². The van der Waals surface area contributed by atoms with E-state index in [4.69, 9.17) is 10.7 Å². The van der Waals surface area contributed by atoms with E-state index in [0.717, 1.165) is 130 Å². The molecule has 10 rings (SSSR count). The van der Waals surface area contributed by atoms with Crippen LogP contribution in [0, 0.1) is 5.92 Å². The summed E-state index contributed by atoms with van der Waals surface area (Å²) in [5.74, 6) is 0.979. The molecule has 3 amide bonds. The summed E-state index contributed by atoms with van der Waals surface area (Å²) in [4.78, 5) is 70.4. The number of piperidine rings is 3. The number of imide groups is 1. The summed E-state index contributed by atoms with van der Waals surface area (Å²) in [7, 11) is 3.86. The number of aromatic nitrogens is 5. The zero-order valence-electron chi connectivity index (χ0n) is 39.9. The van der Waals surface area contributed by atoms with Crippen LogP contribution in [0.2, 0.25) is 0 Å². The second-order valence-corrected chi connectivity index (χ2v) is 19.8. The Bertz CT molecular complexity index is 2890. The maximum Gasteiger partial charge on any atom is 0.329 e. The van der Waals surface area contributed by atoms with E-state index in [1.54, 1.807) is 16.2 Å². The highest BCUT2D eigenvalue weighted by molar-refractivity contribution is 6.00. The second kappa shape index (κ2) is 19.1. The van der Waals surface area contributed by atoms with E-state index in [0.29, 0.717) is 35.6 Å². The predicted molar refractivity (Wildman–Crippen MR) is 265 cm³/mol. The Morgan fingerprint density at radius 2 is 1.62 bits per heavy atom. The van der Waals surface area contributed by atoms with Gasteiger partial charge in [-0.05, 0) is 136 Å². The highest BCUT2D eigenvalue weighted by atomic mass is 16.2. The number of anilines is 1. The Morgan fingerprint density at radius 3 is 2.34 bits per heavy atom. The third-order valence-electron chi connectivity index (χ3n) is 15.8. The highest BCUT2D eigenvalue weighted by Gasteiger charge is 2.34. The number of piperazine rings is 1. The molecular formula is C53H65N11O4. The fraction of sp³-hybridized carbons (Fsp3) is 0.472. The van der Waals surface area contributed by atoms with Crippen molar-refractivity contribution >= 4 is 45.6 Å². The number of benzene rings is 2. The van der Waals surface area contributed by atoms with Crippen molar-refractivity contribution in [2.24, 2.45) is 20.0 Å². The topological polar surface area (TPSA) is 160 Å². The molecule has 15 heteroatoms. The van der Waals surface area contributed by atoms with Gasteiger partial charge in [0.15, 0.2) is 0 Å². The lowest BCUT2D eigenvalue weighted by molar-refractivity contribution is -0.135. The van der Waals surface area contributed by atoms with Gasteiger partial charge in [-0.25, -0.2) is 14.8 Å². The van der Waals surface area contributed by atoms with Gasteiger partial charge in [-0.2, -0.15) is 0 Å². The number of carbonyl (C=O) groups excluding carboxylic acids is 3. The van der Waals surface area contributed by atoms with E-state index in [9.17, 15) is 19.2 Å². The summed E-state index contributed by atoms with van der Waals surface area (Å²) in [6, 6.07) is 22.8. The molecule has 0 radical (unpaired) electrons. The van der Waals surface area contributed by atoms with Crippen LogP contribution in [-0.4, -0.2) is 119 Å². The molecule has 4 aliphatic heterocycles. The number of rotatable bonds is 11. The molecule has 68 heavy (non-hydrogen) atoms. The van der Waals surface area contributed by atoms with Gasteiger partial charge >= 0.3 is 5.69 Å². The van der Waals surface area contributed by atoms with Gasteiger partial charge in [-0.15, -0.1) is 0 Å². The minimum absolute atomic E-state index is 0.143. The molecule has 4 fully saturated rings. The quantitative estimate of drug-likeness (QED) is 0.143. The van der Waals surface area contributed by atoms with Crippen LogP contribution in [0.4, 0.5) is 5.82 Å². The van der Waals surface area contributed by atoms with Crippen LogP contribution in [0.25, 0.3) is 33.2 Å². The number of amides is 3. The van der Waals surface area contributed by atoms with E-state index < -0.39 is 11.9 Å². The molecule has 0 spiro atoms. The van der Waals surface area contributed by atoms with Gasteiger partial charge < -0.3 is 15.2 Å². The average molecular weight is 920 g/mol. The molecule has 0 bridgehead atoms. The molecular weight excluding hydrogens is 855 g/mol. The number of likely N-dealkylation sites (tertiary alicyclic amines) is 2. The van der Waals surface area contributed by atoms with Gasteiger partial charge in [0.1, 0.15) is 17.5 Å². The lowest BCUT2D eigenvalue weighted by atomic mass is 9.88. The first-order valence-corrected chi connectivity index (χ1v) is 24.7. The molecule has 4 aliphatic rings. The fourth-order valence-corrected chi connectivity index (χ4v) is 11.7. The number of nitrogens with one attached hydrogen (secondary N) is 1. The normalized spacial score (nSPS) is 21.2. The zero-order valence-corrected chi connectivity index (χ0v) is 39.9. The van der Waals surface area contributed by atoms with Crippen LogP contribution in [0.3, 0.4) is 0 Å². The zero-order chi connectivity index (χ0) is 47.2. The van der Waals surface area contributed by atoms with Crippen LogP contribution < -0.4 is 16.7 Å². The number of hydrogen-bond donors (Lipinski definition) is 2. The van der Waals surface area contributed by atoms with Crippen LogP contribution >= 0.6 is 0 Å². The van der Waals surface area contributed by atoms with Gasteiger partial charge in [0.05, 0.1) is 11.0 Å². The lowest BCUT2D eigenvalue weighted by Crippen LogP contribution is -2.54. The number of nitrogens with two attached hydrogens (primary N) is 1. The number of hydrogen-bond acceptors (Lipinski definition) is 10. The van der Waals surface area contributed by atoms with Crippen LogP contribution in [-0.2, 0) is 30.2 Å². The Morgan fingerprint density at radius 1 is 0.838 bits per heavy atom. The first-order chi connectivity index (χ1) is 32.9.